The van der Waals surface area contributed by atoms with Gasteiger partial charge in [-0.25, -0.2) is 4.99 Å². The maximum atomic E-state index is 11.8. The van der Waals surface area contributed by atoms with Crippen LogP contribution in [0, 0.1) is 0 Å². The number of piperidine rings is 1. The molecule has 1 saturated carbocycles. The van der Waals surface area contributed by atoms with E-state index in [1.807, 2.05) is 36.2 Å². The standard InChI is InChI=1S/C26H31N3O/c1-28-25(18-30)23-8-4-5-9-24(23)27-26(28)21-12-10-19(11-13-21)20-14-16-29(17-15-20)22-6-2-3-7-22/h4-5,8-13,18,20,22,25H,2-3,6-7,14-17H2,1H3. The van der Waals surface area contributed by atoms with Crippen LogP contribution in [0.15, 0.2) is 53.5 Å². The molecule has 1 unspecified atom stereocenters. The summed E-state index contributed by atoms with van der Waals surface area (Å²) in [5, 5.41) is 0. The molecular formula is C26H31N3O. The van der Waals surface area contributed by atoms with Crippen LogP contribution in [0.1, 0.15) is 67.2 Å². The molecule has 2 fully saturated rings. The van der Waals surface area contributed by atoms with Crippen molar-refractivity contribution in [2.24, 2.45) is 4.99 Å². The van der Waals surface area contributed by atoms with Crippen LogP contribution in [0.5, 0.6) is 0 Å². The van der Waals surface area contributed by atoms with Gasteiger partial charge in [-0.1, -0.05) is 55.3 Å². The first-order chi connectivity index (χ1) is 14.7. The number of benzene rings is 2. The minimum Gasteiger partial charge on any atom is -0.345 e. The van der Waals surface area contributed by atoms with Crippen molar-refractivity contribution in [1.29, 1.82) is 0 Å². The number of hydrogen-bond acceptors (Lipinski definition) is 4. The summed E-state index contributed by atoms with van der Waals surface area (Å²) in [5.41, 5.74) is 4.39. The third-order valence-corrected chi connectivity index (χ3v) is 7.37. The van der Waals surface area contributed by atoms with Gasteiger partial charge in [-0.2, -0.15) is 0 Å². The molecule has 3 aliphatic rings. The third-order valence-electron chi connectivity index (χ3n) is 7.37. The number of hydrogen-bond donors (Lipinski definition) is 0. The minimum absolute atomic E-state index is 0.284. The average molecular weight is 402 g/mol. The van der Waals surface area contributed by atoms with Gasteiger partial charge in [0.25, 0.3) is 0 Å². The van der Waals surface area contributed by atoms with Crippen molar-refractivity contribution in [3.8, 4) is 0 Å². The zero-order valence-electron chi connectivity index (χ0n) is 17.8. The lowest BCUT2D eigenvalue weighted by Crippen LogP contribution is -2.39. The summed E-state index contributed by atoms with van der Waals surface area (Å²) in [6.45, 7) is 2.48. The van der Waals surface area contributed by atoms with Gasteiger partial charge in [-0.3, -0.25) is 0 Å². The lowest BCUT2D eigenvalue weighted by molar-refractivity contribution is -0.111. The Bertz CT molecular complexity index is 922. The number of likely N-dealkylation sites (tertiary alicyclic amines) is 1. The fourth-order valence-electron chi connectivity index (χ4n) is 5.58. The highest BCUT2D eigenvalue weighted by molar-refractivity contribution is 6.03. The molecule has 0 N–H and O–H groups in total. The Kier molecular flexibility index (Phi) is 5.43. The van der Waals surface area contributed by atoms with Gasteiger partial charge in [-0.05, 0) is 56.3 Å². The van der Waals surface area contributed by atoms with Gasteiger partial charge in [0.05, 0.1) is 5.69 Å². The van der Waals surface area contributed by atoms with Crippen LogP contribution < -0.4 is 0 Å². The first kappa shape index (κ1) is 19.5. The molecule has 5 rings (SSSR count). The SMILES string of the molecule is CN1C(c2ccc(C3CCN(C4CCCC4)CC3)cc2)=Nc2ccccc2C1C=O. The molecule has 0 bridgehead atoms. The molecule has 0 spiro atoms. The van der Waals surface area contributed by atoms with Crippen molar-refractivity contribution in [3.05, 3.63) is 65.2 Å². The van der Waals surface area contributed by atoms with Crippen molar-refractivity contribution in [2.45, 2.75) is 56.5 Å². The van der Waals surface area contributed by atoms with Gasteiger partial charge in [-0.15, -0.1) is 0 Å². The number of fused-ring (bicyclic) bond motifs is 1. The average Bonchev–Trinajstić information content (AvgIpc) is 3.34. The zero-order valence-corrected chi connectivity index (χ0v) is 17.8. The summed E-state index contributed by atoms with van der Waals surface area (Å²) in [6, 6.07) is 17.4. The van der Waals surface area contributed by atoms with E-state index < -0.39 is 0 Å². The number of aldehydes is 1. The first-order valence-corrected chi connectivity index (χ1v) is 11.4. The van der Waals surface area contributed by atoms with E-state index in [4.69, 9.17) is 4.99 Å². The number of para-hydroxylation sites is 1. The molecule has 1 atom stereocenters. The summed E-state index contributed by atoms with van der Waals surface area (Å²) >= 11 is 0. The Labute approximate surface area is 179 Å². The zero-order chi connectivity index (χ0) is 20.5. The molecule has 30 heavy (non-hydrogen) atoms. The molecule has 1 saturated heterocycles. The number of aliphatic imine (C=N–C) groups is 1. The second-order valence-electron chi connectivity index (χ2n) is 9.06. The fraction of sp³-hybridized carbons (Fsp3) is 0.462. The second kappa shape index (κ2) is 8.35. The molecule has 4 heteroatoms. The predicted molar refractivity (Wildman–Crippen MR) is 121 cm³/mol. The molecule has 0 aromatic heterocycles. The van der Waals surface area contributed by atoms with Gasteiger partial charge < -0.3 is 14.6 Å². The van der Waals surface area contributed by atoms with Crippen LogP contribution in [-0.4, -0.2) is 48.1 Å². The monoisotopic (exact) mass is 401 g/mol. The van der Waals surface area contributed by atoms with Crippen molar-refractivity contribution in [2.75, 3.05) is 20.1 Å². The minimum atomic E-state index is -0.284. The first-order valence-electron chi connectivity index (χ1n) is 11.4. The van der Waals surface area contributed by atoms with E-state index in [-0.39, 0.29) is 6.04 Å². The van der Waals surface area contributed by atoms with Crippen molar-refractivity contribution in [3.63, 3.8) is 0 Å². The molecule has 2 aromatic carbocycles. The number of rotatable bonds is 4. The molecule has 156 valence electrons. The molecule has 0 radical (unpaired) electrons. The summed E-state index contributed by atoms with van der Waals surface area (Å²) in [4.78, 5) is 21.4. The Balaban J connectivity index is 1.32. The normalized spacial score (nSPS) is 23.3. The highest BCUT2D eigenvalue weighted by Gasteiger charge is 2.29. The Morgan fingerprint density at radius 3 is 2.33 bits per heavy atom. The largest absolute Gasteiger partial charge is 0.345 e. The molecule has 2 aliphatic heterocycles. The molecule has 0 amide bonds. The van der Waals surface area contributed by atoms with Crippen molar-refractivity contribution < 1.29 is 4.79 Å². The van der Waals surface area contributed by atoms with Crippen LogP contribution in [-0.2, 0) is 4.79 Å². The van der Waals surface area contributed by atoms with E-state index in [9.17, 15) is 4.79 Å². The quantitative estimate of drug-likeness (QED) is 0.671. The summed E-state index contributed by atoms with van der Waals surface area (Å²) in [5.74, 6) is 1.53. The van der Waals surface area contributed by atoms with E-state index in [1.165, 1.54) is 57.2 Å². The second-order valence-corrected chi connectivity index (χ2v) is 9.06. The topological polar surface area (TPSA) is 35.9 Å². The molecule has 2 heterocycles. The van der Waals surface area contributed by atoms with Crippen molar-refractivity contribution >= 4 is 17.8 Å². The summed E-state index contributed by atoms with van der Waals surface area (Å²) in [6.07, 6.45) is 9.17. The smallest absolute Gasteiger partial charge is 0.147 e. The maximum absolute atomic E-state index is 11.8. The molecule has 2 aromatic rings. The Morgan fingerprint density at radius 1 is 0.933 bits per heavy atom. The van der Waals surface area contributed by atoms with Gasteiger partial charge in [0.1, 0.15) is 18.2 Å². The van der Waals surface area contributed by atoms with E-state index in [0.29, 0.717) is 5.92 Å². The van der Waals surface area contributed by atoms with E-state index >= 15 is 0 Å². The number of likely N-dealkylation sites (N-methyl/N-ethyl adjacent to an activating group) is 1. The summed E-state index contributed by atoms with van der Waals surface area (Å²) in [7, 11) is 1.96. The van der Waals surface area contributed by atoms with Crippen LogP contribution in [0.4, 0.5) is 5.69 Å². The number of carbonyl (C=O) groups is 1. The Morgan fingerprint density at radius 2 is 1.63 bits per heavy atom. The van der Waals surface area contributed by atoms with Gasteiger partial charge >= 0.3 is 0 Å². The number of carbonyl (C=O) groups excluding carboxylic acids is 1. The van der Waals surface area contributed by atoms with Crippen LogP contribution in [0.25, 0.3) is 0 Å². The van der Waals surface area contributed by atoms with E-state index in [1.54, 1.807) is 0 Å². The van der Waals surface area contributed by atoms with E-state index in [0.717, 1.165) is 35.0 Å². The molecule has 4 nitrogen and oxygen atoms in total. The lowest BCUT2D eigenvalue weighted by atomic mass is 9.88. The fourth-order valence-corrected chi connectivity index (χ4v) is 5.58. The number of nitrogens with zero attached hydrogens (tertiary/aromatic N) is 3. The molecular weight excluding hydrogens is 370 g/mol. The van der Waals surface area contributed by atoms with Crippen LogP contribution >= 0.6 is 0 Å². The number of amidine groups is 1. The highest BCUT2D eigenvalue weighted by Crippen LogP contribution is 2.35. The predicted octanol–water partition coefficient (Wildman–Crippen LogP) is 5.07. The van der Waals surface area contributed by atoms with Crippen LogP contribution in [0.2, 0.25) is 0 Å². The van der Waals surface area contributed by atoms with Gasteiger partial charge in [0, 0.05) is 24.2 Å². The van der Waals surface area contributed by atoms with Gasteiger partial charge in [0.2, 0.25) is 0 Å². The lowest BCUT2D eigenvalue weighted by Gasteiger charge is -2.36. The van der Waals surface area contributed by atoms with Gasteiger partial charge in [0.15, 0.2) is 0 Å². The summed E-state index contributed by atoms with van der Waals surface area (Å²) < 4.78 is 0. The Hall–Kier alpha value is -2.46. The van der Waals surface area contributed by atoms with Crippen molar-refractivity contribution in [1.82, 2.24) is 9.80 Å². The molecule has 1 aliphatic carbocycles. The third kappa shape index (κ3) is 3.58. The maximum Gasteiger partial charge on any atom is 0.147 e. The van der Waals surface area contributed by atoms with Crippen LogP contribution in [0.3, 0.4) is 0 Å². The van der Waals surface area contributed by atoms with E-state index in [2.05, 4.69) is 29.2 Å². The highest BCUT2D eigenvalue weighted by atomic mass is 16.1.